The molecule has 0 unspecified atom stereocenters. The second kappa shape index (κ2) is 9.43. The van der Waals surface area contributed by atoms with Gasteiger partial charge in [-0.3, -0.25) is 4.79 Å². The number of aryl methyl sites for hydroxylation is 1. The summed E-state index contributed by atoms with van der Waals surface area (Å²) in [6.45, 7) is 0. The maximum absolute atomic E-state index is 12.2. The Balaban J connectivity index is 2.03. The summed E-state index contributed by atoms with van der Waals surface area (Å²) in [6.07, 6.45) is 0.698. The van der Waals surface area contributed by atoms with Crippen molar-refractivity contribution in [2.45, 2.75) is 17.7 Å². The van der Waals surface area contributed by atoms with Crippen LogP contribution in [0.3, 0.4) is 0 Å². The maximum Gasteiger partial charge on any atom is 0.240 e. The molecule has 152 valence electrons. The van der Waals surface area contributed by atoms with Gasteiger partial charge in [-0.25, -0.2) is 13.1 Å². The number of benzene rings is 2. The fraction of sp³-hybridized carbons (Fsp3) is 0.316. The minimum atomic E-state index is -3.51. The number of carbonyl (C=O) groups excluding carboxylic acids is 1. The van der Waals surface area contributed by atoms with Crippen LogP contribution in [-0.2, 0) is 21.2 Å². The predicted molar refractivity (Wildman–Crippen MR) is 106 cm³/mol. The molecule has 2 N–H and O–H groups in total. The van der Waals surface area contributed by atoms with Gasteiger partial charge in [-0.2, -0.15) is 0 Å². The van der Waals surface area contributed by atoms with Crippen LogP contribution in [0.15, 0.2) is 41.3 Å². The molecule has 8 nitrogen and oxygen atoms in total. The SMILES string of the molecule is CNS(=O)(=O)c1ccc(NC(=O)CCc2cc(OC)c(OC)c(OC)c2)cc1. The normalized spacial score (nSPS) is 11.0. The fourth-order valence-corrected chi connectivity index (χ4v) is 3.33. The van der Waals surface area contributed by atoms with E-state index in [0.717, 1.165) is 5.56 Å². The van der Waals surface area contributed by atoms with Crippen molar-refractivity contribution in [3.8, 4) is 17.2 Å². The minimum Gasteiger partial charge on any atom is -0.493 e. The lowest BCUT2D eigenvalue weighted by Gasteiger charge is -2.14. The van der Waals surface area contributed by atoms with Gasteiger partial charge in [-0.1, -0.05) is 0 Å². The molecule has 1 amide bonds. The van der Waals surface area contributed by atoms with Gasteiger partial charge in [0.15, 0.2) is 11.5 Å². The van der Waals surface area contributed by atoms with E-state index in [2.05, 4.69) is 10.0 Å². The zero-order chi connectivity index (χ0) is 20.7. The molecule has 2 aromatic carbocycles. The molecule has 0 aromatic heterocycles. The van der Waals surface area contributed by atoms with Crippen LogP contribution in [0.5, 0.6) is 17.2 Å². The van der Waals surface area contributed by atoms with Crippen LogP contribution < -0.4 is 24.2 Å². The first-order chi connectivity index (χ1) is 13.3. The van der Waals surface area contributed by atoms with Crippen LogP contribution in [-0.4, -0.2) is 42.7 Å². The maximum atomic E-state index is 12.2. The largest absolute Gasteiger partial charge is 0.493 e. The highest BCUT2D eigenvalue weighted by molar-refractivity contribution is 7.89. The van der Waals surface area contributed by atoms with Gasteiger partial charge < -0.3 is 19.5 Å². The van der Waals surface area contributed by atoms with E-state index in [0.29, 0.717) is 29.4 Å². The van der Waals surface area contributed by atoms with Crippen LogP contribution in [0.25, 0.3) is 0 Å². The van der Waals surface area contributed by atoms with Crippen LogP contribution >= 0.6 is 0 Å². The van der Waals surface area contributed by atoms with Crippen molar-refractivity contribution in [2.24, 2.45) is 0 Å². The van der Waals surface area contributed by atoms with Crippen LogP contribution in [0.4, 0.5) is 5.69 Å². The standard InChI is InChI=1S/C19H24N2O6S/c1-20-28(23,24)15-8-6-14(7-9-15)21-18(22)10-5-13-11-16(25-2)19(27-4)17(12-13)26-3/h6-9,11-12,20H,5,10H2,1-4H3,(H,21,22). The molecule has 0 radical (unpaired) electrons. The van der Waals surface area contributed by atoms with Crippen LogP contribution in [0.2, 0.25) is 0 Å². The van der Waals surface area contributed by atoms with E-state index in [1.807, 2.05) is 0 Å². The molecule has 2 aromatic rings. The van der Waals surface area contributed by atoms with E-state index in [-0.39, 0.29) is 17.2 Å². The molecular formula is C19H24N2O6S. The number of ether oxygens (including phenoxy) is 3. The van der Waals surface area contributed by atoms with E-state index >= 15 is 0 Å². The molecule has 0 atom stereocenters. The van der Waals surface area contributed by atoms with Crippen molar-refractivity contribution in [1.82, 2.24) is 4.72 Å². The quantitative estimate of drug-likeness (QED) is 0.659. The van der Waals surface area contributed by atoms with Gasteiger partial charge in [0.25, 0.3) is 0 Å². The van der Waals surface area contributed by atoms with Crippen molar-refractivity contribution < 1.29 is 27.4 Å². The van der Waals surface area contributed by atoms with Crippen molar-refractivity contribution in [3.05, 3.63) is 42.0 Å². The number of carbonyl (C=O) groups is 1. The number of amides is 1. The van der Waals surface area contributed by atoms with Crippen molar-refractivity contribution in [3.63, 3.8) is 0 Å². The lowest BCUT2D eigenvalue weighted by Crippen LogP contribution is -2.18. The van der Waals surface area contributed by atoms with E-state index in [1.54, 1.807) is 24.3 Å². The average molecular weight is 408 g/mol. The summed E-state index contributed by atoms with van der Waals surface area (Å²) in [6, 6.07) is 9.54. The highest BCUT2D eigenvalue weighted by Crippen LogP contribution is 2.38. The van der Waals surface area contributed by atoms with Gasteiger partial charge in [0, 0.05) is 12.1 Å². The third kappa shape index (κ3) is 5.14. The number of rotatable bonds is 9. The van der Waals surface area contributed by atoms with E-state index in [9.17, 15) is 13.2 Å². The lowest BCUT2D eigenvalue weighted by atomic mass is 10.1. The molecule has 0 aliphatic heterocycles. The second-order valence-corrected chi connectivity index (χ2v) is 7.70. The summed E-state index contributed by atoms with van der Waals surface area (Å²) in [4.78, 5) is 12.4. The number of nitrogens with one attached hydrogen (secondary N) is 2. The van der Waals surface area contributed by atoms with Gasteiger partial charge in [0.05, 0.1) is 26.2 Å². The molecule has 2 rings (SSSR count). The first-order valence-corrected chi connectivity index (χ1v) is 9.95. The van der Waals surface area contributed by atoms with Crippen LogP contribution in [0, 0.1) is 0 Å². The summed E-state index contributed by atoms with van der Waals surface area (Å²) in [5.74, 6) is 1.35. The highest BCUT2D eigenvalue weighted by Gasteiger charge is 2.14. The molecule has 9 heteroatoms. The molecule has 0 aliphatic carbocycles. The summed E-state index contributed by atoms with van der Waals surface area (Å²) in [7, 11) is 2.43. The average Bonchev–Trinajstić information content (AvgIpc) is 2.71. The van der Waals surface area contributed by atoms with Crippen LogP contribution in [0.1, 0.15) is 12.0 Å². The molecule has 0 saturated heterocycles. The van der Waals surface area contributed by atoms with Gasteiger partial charge in [-0.15, -0.1) is 0 Å². The first-order valence-electron chi connectivity index (χ1n) is 8.47. The summed E-state index contributed by atoms with van der Waals surface area (Å²) in [5, 5.41) is 2.75. The Morgan fingerprint density at radius 2 is 1.54 bits per heavy atom. The Bertz CT molecular complexity index is 901. The molecule has 0 bridgehead atoms. The third-order valence-corrected chi connectivity index (χ3v) is 5.51. The summed E-state index contributed by atoms with van der Waals surface area (Å²) >= 11 is 0. The number of methoxy groups -OCH3 is 3. The Morgan fingerprint density at radius 3 is 2.00 bits per heavy atom. The zero-order valence-electron chi connectivity index (χ0n) is 16.2. The fourth-order valence-electron chi connectivity index (χ4n) is 2.60. The smallest absolute Gasteiger partial charge is 0.240 e. The summed E-state index contributed by atoms with van der Waals surface area (Å²) < 4.78 is 41.6. The molecule has 0 aliphatic rings. The summed E-state index contributed by atoms with van der Waals surface area (Å²) in [5.41, 5.74) is 1.38. The Kier molecular flexibility index (Phi) is 7.24. The molecule has 0 heterocycles. The van der Waals surface area contributed by atoms with Gasteiger partial charge in [0.2, 0.25) is 21.7 Å². The Morgan fingerprint density at radius 1 is 0.964 bits per heavy atom. The second-order valence-electron chi connectivity index (χ2n) is 5.81. The Hall–Kier alpha value is -2.78. The number of sulfonamides is 1. The number of anilines is 1. The zero-order valence-corrected chi connectivity index (χ0v) is 17.1. The highest BCUT2D eigenvalue weighted by atomic mass is 32.2. The van der Waals surface area contributed by atoms with Crippen molar-refractivity contribution >= 4 is 21.6 Å². The van der Waals surface area contributed by atoms with Gasteiger partial charge in [0.1, 0.15) is 0 Å². The molecule has 0 saturated carbocycles. The lowest BCUT2D eigenvalue weighted by molar-refractivity contribution is -0.116. The number of hydrogen-bond donors (Lipinski definition) is 2. The van der Waals surface area contributed by atoms with E-state index < -0.39 is 10.0 Å². The van der Waals surface area contributed by atoms with E-state index in [4.69, 9.17) is 14.2 Å². The van der Waals surface area contributed by atoms with Crippen molar-refractivity contribution in [2.75, 3.05) is 33.7 Å². The third-order valence-electron chi connectivity index (χ3n) is 4.08. The van der Waals surface area contributed by atoms with Gasteiger partial charge >= 0.3 is 0 Å². The predicted octanol–water partition coefficient (Wildman–Crippen LogP) is 2.19. The molecular weight excluding hydrogens is 384 g/mol. The molecule has 28 heavy (non-hydrogen) atoms. The first kappa shape index (κ1) is 21.5. The molecule has 0 fully saturated rings. The minimum absolute atomic E-state index is 0.130. The van der Waals surface area contributed by atoms with Crippen molar-refractivity contribution in [1.29, 1.82) is 0 Å². The topological polar surface area (TPSA) is 103 Å². The van der Waals surface area contributed by atoms with E-state index in [1.165, 1.54) is 40.5 Å². The monoisotopic (exact) mass is 408 g/mol. The molecule has 0 spiro atoms. The Labute approximate surface area is 164 Å². The van der Waals surface area contributed by atoms with Gasteiger partial charge in [-0.05, 0) is 55.4 Å². The number of hydrogen-bond acceptors (Lipinski definition) is 6.